The number of carboxylic acid groups (broad SMARTS) is 1. The van der Waals surface area contributed by atoms with Gasteiger partial charge in [0.15, 0.2) is 11.6 Å². The second-order valence-corrected chi connectivity index (χ2v) is 13.1. The second-order valence-electron chi connectivity index (χ2n) is 11.0. The maximum atomic E-state index is 16.1. The number of rotatable bonds is 4. The van der Waals surface area contributed by atoms with Gasteiger partial charge in [-0.05, 0) is 60.6 Å². The molecule has 3 aliphatic heterocycles. The van der Waals surface area contributed by atoms with Crippen molar-refractivity contribution >= 4 is 41.3 Å². The molecule has 2 saturated heterocycles. The van der Waals surface area contributed by atoms with Crippen LogP contribution in [0.1, 0.15) is 60.0 Å². The lowest BCUT2D eigenvalue weighted by molar-refractivity contribution is -0.535. The van der Waals surface area contributed by atoms with Gasteiger partial charge in [-0.3, -0.25) is 4.57 Å². The molecule has 13 heteroatoms. The first-order valence-electron chi connectivity index (χ1n) is 14.1. The Morgan fingerprint density at radius 1 is 1.00 bits per heavy atom. The standard InChI is InChI=1S/C30H27F3N5O4P/c31-26-25(30(39)40)24(27(32)29(28(26)33)35-36-34)23-19-9-7-17(37-11-3-1-4-12-37)15-21(19)43(41,42)22-16-18(8-10-20(22)23)38-13-5-2-6-14-38/h7-10,15-16H,1-6,11-14H2,(H-,39,40,41,42)/p+1. The lowest BCUT2D eigenvalue weighted by atomic mass is 9.86. The number of allylic oxidation sites excluding steroid dienone is 5. The van der Waals surface area contributed by atoms with Crippen LogP contribution in [0.5, 0.6) is 0 Å². The van der Waals surface area contributed by atoms with E-state index >= 15 is 8.78 Å². The van der Waals surface area contributed by atoms with Crippen LogP contribution >= 0.6 is 7.37 Å². The molecule has 3 heterocycles. The van der Waals surface area contributed by atoms with Crippen LogP contribution in [0.4, 0.5) is 24.5 Å². The highest BCUT2D eigenvalue weighted by Gasteiger charge is 2.43. The number of hydrogen-bond donors (Lipinski definition) is 2. The Morgan fingerprint density at radius 3 is 2.37 bits per heavy atom. The average molecular weight is 611 g/mol. The zero-order chi connectivity index (χ0) is 30.5. The van der Waals surface area contributed by atoms with E-state index in [0.29, 0.717) is 11.4 Å². The summed E-state index contributed by atoms with van der Waals surface area (Å²) in [5, 5.41) is 12.8. The van der Waals surface area contributed by atoms with E-state index in [2.05, 4.69) is 19.5 Å². The number of halogens is 3. The van der Waals surface area contributed by atoms with Crippen molar-refractivity contribution in [2.24, 2.45) is 5.11 Å². The van der Waals surface area contributed by atoms with Crippen LogP contribution in [0.2, 0.25) is 0 Å². The van der Waals surface area contributed by atoms with Gasteiger partial charge in [0, 0.05) is 59.8 Å². The lowest BCUT2D eigenvalue weighted by Gasteiger charge is -2.33. The van der Waals surface area contributed by atoms with Gasteiger partial charge in [0.05, 0.1) is 10.6 Å². The quantitative estimate of drug-likeness (QED) is 0.101. The lowest BCUT2D eigenvalue weighted by Crippen LogP contribution is -2.31. The van der Waals surface area contributed by atoms with Crippen molar-refractivity contribution in [3.8, 4) is 0 Å². The van der Waals surface area contributed by atoms with Crippen molar-refractivity contribution in [3.05, 3.63) is 91.9 Å². The highest BCUT2D eigenvalue weighted by atomic mass is 31.2. The molecule has 1 aliphatic carbocycles. The monoisotopic (exact) mass is 610 g/mol. The number of azide groups is 1. The number of anilines is 1. The van der Waals surface area contributed by atoms with Gasteiger partial charge in [-0.15, -0.1) is 0 Å². The van der Waals surface area contributed by atoms with Crippen LogP contribution in [0.15, 0.2) is 52.4 Å². The topological polar surface area (TPSA) is 130 Å². The maximum Gasteiger partial charge on any atom is 0.339 e. The fourth-order valence-electron chi connectivity index (χ4n) is 6.42. The van der Waals surface area contributed by atoms with Crippen molar-refractivity contribution in [3.63, 3.8) is 0 Å². The van der Waals surface area contributed by atoms with E-state index in [1.807, 2.05) is 0 Å². The first-order valence-corrected chi connectivity index (χ1v) is 15.8. The van der Waals surface area contributed by atoms with Gasteiger partial charge in [-0.2, -0.15) is 0 Å². The van der Waals surface area contributed by atoms with Gasteiger partial charge in [-0.1, -0.05) is 11.2 Å². The number of carbonyl (C=O) groups is 1. The molecule has 0 bridgehead atoms. The van der Waals surface area contributed by atoms with E-state index in [4.69, 9.17) is 5.53 Å². The van der Waals surface area contributed by atoms with Crippen LogP contribution < -0.4 is 10.2 Å². The van der Waals surface area contributed by atoms with Crippen molar-refractivity contribution in [2.45, 2.75) is 38.5 Å². The second kappa shape index (κ2) is 11.2. The number of aromatic carboxylic acids is 1. The number of benzene rings is 2. The minimum absolute atomic E-state index is 0.00381. The smallest absolute Gasteiger partial charge is 0.339 e. The van der Waals surface area contributed by atoms with Crippen molar-refractivity contribution in [2.75, 3.05) is 31.1 Å². The first-order chi connectivity index (χ1) is 20.6. The van der Waals surface area contributed by atoms with E-state index in [1.165, 1.54) is 12.1 Å². The van der Waals surface area contributed by atoms with E-state index < -0.39 is 47.6 Å². The van der Waals surface area contributed by atoms with Crippen molar-refractivity contribution in [1.82, 2.24) is 0 Å². The predicted octanol–water partition coefficient (Wildman–Crippen LogP) is 6.54. The molecule has 2 N–H and O–H groups in total. The predicted molar refractivity (Wildman–Crippen MR) is 156 cm³/mol. The summed E-state index contributed by atoms with van der Waals surface area (Å²) in [4.78, 5) is 28.6. The maximum absolute atomic E-state index is 16.1. The number of carboxylic acids is 1. The summed E-state index contributed by atoms with van der Waals surface area (Å²) >= 11 is 0. The zero-order valence-electron chi connectivity index (χ0n) is 23.1. The molecule has 0 amide bonds. The summed E-state index contributed by atoms with van der Waals surface area (Å²) in [6.07, 6.45) is 10.6. The molecule has 0 spiro atoms. The Labute approximate surface area is 245 Å². The third kappa shape index (κ3) is 4.79. The highest BCUT2D eigenvalue weighted by Crippen LogP contribution is 2.60. The molecule has 9 nitrogen and oxygen atoms in total. The fraction of sp³-hybridized carbons (Fsp3) is 0.333. The zero-order valence-corrected chi connectivity index (χ0v) is 24.0. The van der Waals surface area contributed by atoms with Crippen LogP contribution in [0.25, 0.3) is 16.0 Å². The minimum atomic E-state index is -4.37. The summed E-state index contributed by atoms with van der Waals surface area (Å²) in [5.41, 5.74) is 6.56. The third-order valence-corrected chi connectivity index (χ3v) is 10.5. The Morgan fingerprint density at radius 2 is 1.70 bits per heavy atom. The molecule has 2 aromatic carbocycles. The number of piperidine rings is 2. The van der Waals surface area contributed by atoms with Gasteiger partial charge < -0.3 is 14.9 Å². The van der Waals surface area contributed by atoms with Crippen molar-refractivity contribution < 1.29 is 37.1 Å². The molecular formula is C30H28F3N5O4P+. The molecule has 6 rings (SSSR count). The Hall–Kier alpha value is -4.11. The summed E-state index contributed by atoms with van der Waals surface area (Å²) in [6.45, 7) is 2.93. The van der Waals surface area contributed by atoms with Crippen LogP contribution in [0, 0.1) is 17.5 Å². The first kappa shape index (κ1) is 29.0. The molecular weight excluding hydrogens is 582 g/mol. The Balaban J connectivity index is 1.70. The van der Waals surface area contributed by atoms with Gasteiger partial charge >= 0.3 is 5.97 Å². The Bertz CT molecular complexity index is 1800. The van der Waals surface area contributed by atoms with Gasteiger partial charge in [0.2, 0.25) is 5.71 Å². The van der Waals surface area contributed by atoms with E-state index in [9.17, 15) is 23.7 Å². The molecule has 2 aromatic rings. The number of nitrogens with zero attached hydrogens (tertiary/aromatic N) is 5. The molecule has 1 unspecified atom stereocenters. The highest BCUT2D eigenvalue weighted by molar-refractivity contribution is 7.71. The normalized spacial score (nSPS) is 21.7. The van der Waals surface area contributed by atoms with Gasteiger partial charge in [0.25, 0.3) is 7.37 Å². The van der Waals surface area contributed by atoms with Gasteiger partial charge in [-0.25, -0.2) is 22.5 Å². The summed E-state index contributed by atoms with van der Waals surface area (Å²) < 4.78 is 62.7. The van der Waals surface area contributed by atoms with E-state index in [1.54, 1.807) is 24.3 Å². The number of hydrogen-bond acceptors (Lipinski definition) is 4. The van der Waals surface area contributed by atoms with Crippen LogP contribution in [0.3, 0.4) is 0 Å². The molecule has 4 aliphatic rings. The third-order valence-electron chi connectivity index (χ3n) is 8.50. The van der Waals surface area contributed by atoms with Gasteiger partial charge in [0.1, 0.15) is 30.2 Å². The molecule has 0 saturated carbocycles. The number of fused-ring (bicyclic) bond motifs is 2. The van der Waals surface area contributed by atoms with Crippen LogP contribution in [-0.2, 0) is 4.57 Å². The summed E-state index contributed by atoms with van der Waals surface area (Å²) in [7, 11) is -4.37. The summed E-state index contributed by atoms with van der Waals surface area (Å²) in [5.74, 6) is -7.39. The fourth-order valence-corrected chi connectivity index (χ4v) is 8.32. The van der Waals surface area contributed by atoms with Crippen molar-refractivity contribution in [1.29, 1.82) is 0 Å². The molecule has 222 valence electrons. The van der Waals surface area contributed by atoms with E-state index in [0.717, 1.165) is 64.7 Å². The SMILES string of the molecule is [N-]=[N+]=Nc1c(F)c(F)c(C(=O)O)c(C2=C3C=CC(=[N+]4CCCCC4)C=C3P(=O)(O)c3cc(N4CCCCC4)ccc32)c1F. The minimum Gasteiger partial charge on any atom is -0.478 e. The molecule has 2 fully saturated rings. The molecule has 43 heavy (non-hydrogen) atoms. The largest absolute Gasteiger partial charge is 0.478 e. The molecule has 0 radical (unpaired) electrons. The van der Waals surface area contributed by atoms with E-state index in [-0.39, 0.29) is 27.3 Å². The van der Waals surface area contributed by atoms with Crippen LogP contribution in [-0.4, -0.2) is 52.4 Å². The average Bonchev–Trinajstić information content (AvgIpc) is 3.02. The molecule has 0 aromatic heterocycles. The molecule has 1 atom stereocenters. The Kier molecular flexibility index (Phi) is 7.54. The summed E-state index contributed by atoms with van der Waals surface area (Å²) in [6, 6.07) is 4.72.